The van der Waals surface area contributed by atoms with E-state index in [1.165, 1.54) is 4.90 Å². The van der Waals surface area contributed by atoms with E-state index in [0.29, 0.717) is 55.3 Å². The molecule has 0 spiro atoms. The number of hydrogen-bond acceptors (Lipinski definition) is 5. The van der Waals surface area contributed by atoms with Crippen molar-refractivity contribution in [2.24, 2.45) is 0 Å². The van der Waals surface area contributed by atoms with Gasteiger partial charge in [-0.05, 0) is 24.1 Å². The molecule has 3 N–H and O–H groups in total. The first-order valence-electron chi connectivity index (χ1n) is 10.3. The fourth-order valence-electron chi connectivity index (χ4n) is 3.51. The summed E-state index contributed by atoms with van der Waals surface area (Å²) in [5, 5.41) is 12.9. The van der Waals surface area contributed by atoms with Crippen molar-refractivity contribution < 1.29 is 19.4 Å². The zero-order valence-electron chi connectivity index (χ0n) is 17.1. The second-order valence-corrected chi connectivity index (χ2v) is 7.35. The Bertz CT molecular complexity index is 1110. The second kappa shape index (κ2) is 9.53. The Morgan fingerprint density at radius 2 is 1.84 bits per heavy atom. The van der Waals surface area contributed by atoms with Crippen molar-refractivity contribution in [2.45, 2.75) is 19.5 Å². The fraction of sp³-hybridized carbons (Fsp3) is 0.304. The van der Waals surface area contributed by atoms with Crippen LogP contribution in [0.25, 0.3) is 10.9 Å². The molecule has 2 heterocycles. The van der Waals surface area contributed by atoms with E-state index in [-0.39, 0.29) is 24.7 Å². The van der Waals surface area contributed by atoms with E-state index in [2.05, 4.69) is 10.3 Å². The number of H-pyrrole nitrogens is 1. The normalized spacial score (nSPS) is 12.5. The average Bonchev–Trinajstić information content (AvgIpc) is 2.80. The predicted octanol–water partition coefficient (Wildman–Crippen LogP) is 2.39. The SMILES string of the molecule is O=C(NCc1ccccc1)N(CCCO)Cc1cc2cc3c(cc2[nH]c1=O)OCCO3. The lowest BCUT2D eigenvalue weighted by Crippen LogP contribution is -2.41. The van der Waals surface area contributed by atoms with Gasteiger partial charge in [0, 0.05) is 36.7 Å². The van der Waals surface area contributed by atoms with Crippen molar-refractivity contribution in [3.63, 3.8) is 0 Å². The van der Waals surface area contributed by atoms with Gasteiger partial charge in [0.2, 0.25) is 0 Å². The number of pyridine rings is 1. The molecule has 2 aromatic carbocycles. The third-order valence-electron chi connectivity index (χ3n) is 5.11. The first kappa shape index (κ1) is 20.7. The van der Waals surface area contributed by atoms with Crippen LogP contribution >= 0.6 is 0 Å². The number of nitrogens with zero attached hydrogens (tertiary/aromatic N) is 1. The zero-order chi connectivity index (χ0) is 21.6. The van der Waals surface area contributed by atoms with E-state index in [9.17, 15) is 14.7 Å². The van der Waals surface area contributed by atoms with Gasteiger partial charge >= 0.3 is 6.03 Å². The number of nitrogens with one attached hydrogen (secondary N) is 2. The van der Waals surface area contributed by atoms with Crippen LogP contribution in [0.15, 0.2) is 53.3 Å². The summed E-state index contributed by atoms with van der Waals surface area (Å²) in [7, 11) is 0. The Balaban J connectivity index is 1.54. The molecule has 0 fully saturated rings. The number of benzene rings is 2. The molecule has 1 aliphatic heterocycles. The minimum absolute atomic E-state index is 0.0416. The Labute approximate surface area is 179 Å². The van der Waals surface area contributed by atoms with Gasteiger partial charge in [-0.1, -0.05) is 30.3 Å². The van der Waals surface area contributed by atoms with Crippen LogP contribution in [0.5, 0.6) is 11.5 Å². The van der Waals surface area contributed by atoms with E-state index in [1.54, 1.807) is 12.1 Å². The van der Waals surface area contributed by atoms with Crippen molar-refractivity contribution in [3.05, 3.63) is 70.0 Å². The highest BCUT2D eigenvalue weighted by molar-refractivity contribution is 5.83. The molecule has 0 saturated heterocycles. The molecular formula is C23H25N3O5. The van der Waals surface area contributed by atoms with Gasteiger partial charge < -0.3 is 29.8 Å². The van der Waals surface area contributed by atoms with Crippen LogP contribution in [0.2, 0.25) is 0 Å². The third kappa shape index (κ3) is 4.97. The Kier molecular flexibility index (Phi) is 6.37. The van der Waals surface area contributed by atoms with E-state index in [4.69, 9.17) is 9.47 Å². The highest BCUT2D eigenvalue weighted by atomic mass is 16.6. The number of carbonyl (C=O) groups excluding carboxylic acids is 1. The van der Waals surface area contributed by atoms with Crippen LogP contribution < -0.4 is 20.3 Å². The van der Waals surface area contributed by atoms with E-state index >= 15 is 0 Å². The molecule has 162 valence electrons. The number of ether oxygens (including phenoxy) is 2. The number of hydrogen-bond donors (Lipinski definition) is 3. The van der Waals surface area contributed by atoms with Crippen molar-refractivity contribution in [1.29, 1.82) is 0 Å². The Hall–Kier alpha value is -3.52. The summed E-state index contributed by atoms with van der Waals surface area (Å²) in [6, 6.07) is 14.7. The Morgan fingerprint density at radius 1 is 1.10 bits per heavy atom. The van der Waals surface area contributed by atoms with Gasteiger partial charge in [0.05, 0.1) is 12.1 Å². The topological polar surface area (TPSA) is 104 Å². The van der Waals surface area contributed by atoms with E-state index in [1.807, 2.05) is 36.4 Å². The Morgan fingerprint density at radius 3 is 2.58 bits per heavy atom. The maximum Gasteiger partial charge on any atom is 0.317 e. The lowest BCUT2D eigenvalue weighted by Gasteiger charge is -2.23. The second-order valence-electron chi connectivity index (χ2n) is 7.35. The number of aromatic nitrogens is 1. The smallest absolute Gasteiger partial charge is 0.317 e. The van der Waals surface area contributed by atoms with Gasteiger partial charge in [-0.15, -0.1) is 0 Å². The molecule has 0 saturated carbocycles. The molecular weight excluding hydrogens is 398 g/mol. The maximum atomic E-state index is 12.8. The molecule has 4 rings (SSSR count). The largest absolute Gasteiger partial charge is 0.486 e. The van der Waals surface area contributed by atoms with Crippen molar-refractivity contribution in [3.8, 4) is 11.5 Å². The first-order valence-corrected chi connectivity index (χ1v) is 10.3. The number of carbonyl (C=O) groups is 1. The molecule has 1 aliphatic rings. The van der Waals surface area contributed by atoms with Gasteiger partial charge in [0.1, 0.15) is 13.2 Å². The number of rotatable bonds is 7. The summed E-state index contributed by atoms with van der Waals surface area (Å²) >= 11 is 0. The monoisotopic (exact) mass is 423 g/mol. The van der Waals surface area contributed by atoms with Crippen molar-refractivity contribution in [2.75, 3.05) is 26.4 Å². The fourth-order valence-corrected chi connectivity index (χ4v) is 3.51. The van der Waals surface area contributed by atoms with Crippen LogP contribution in [0.1, 0.15) is 17.5 Å². The summed E-state index contributed by atoms with van der Waals surface area (Å²) < 4.78 is 11.2. The molecule has 8 heteroatoms. The minimum Gasteiger partial charge on any atom is -0.486 e. The van der Waals surface area contributed by atoms with Gasteiger partial charge in [-0.3, -0.25) is 4.79 Å². The molecule has 0 unspecified atom stereocenters. The van der Waals surface area contributed by atoms with E-state index < -0.39 is 0 Å². The van der Waals surface area contributed by atoms with Crippen molar-refractivity contribution in [1.82, 2.24) is 15.2 Å². The van der Waals surface area contributed by atoms with Crippen LogP contribution in [-0.4, -0.2) is 47.4 Å². The average molecular weight is 423 g/mol. The van der Waals surface area contributed by atoms with Crippen LogP contribution in [0.3, 0.4) is 0 Å². The molecule has 1 aromatic heterocycles. The number of aromatic amines is 1. The summed E-state index contributed by atoms with van der Waals surface area (Å²) in [4.78, 5) is 29.9. The number of aliphatic hydroxyl groups excluding tert-OH is 1. The lowest BCUT2D eigenvalue weighted by atomic mass is 10.1. The zero-order valence-corrected chi connectivity index (χ0v) is 17.1. The van der Waals surface area contributed by atoms with Crippen LogP contribution in [0.4, 0.5) is 4.79 Å². The van der Waals surface area contributed by atoms with E-state index in [0.717, 1.165) is 10.9 Å². The molecule has 0 atom stereocenters. The minimum atomic E-state index is -0.293. The standard InChI is InChI=1S/C23H25N3O5/c27-8-4-7-26(23(29)24-14-16-5-2-1-3-6-16)15-18-11-17-12-20-21(31-10-9-30-20)13-19(17)25-22(18)28/h1-3,5-6,11-13,27H,4,7-10,14-15H2,(H,24,29)(H,25,28). The summed E-state index contributed by atoms with van der Waals surface area (Å²) in [6.45, 7) is 1.74. The number of urea groups is 1. The summed E-state index contributed by atoms with van der Waals surface area (Å²) in [5.74, 6) is 1.24. The summed E-state index contributed by atoms with van der Waals surface area (Å²) in [6.07, 6.45) is 0.420. The van der Waals surface area contributed by atoms with Crippen LogP contribution in [0, 0.1) is 0 Å². The highest BCUT2D eigenvalue weighted by Gasteiger charge is 2.18. The maximum absolute atomic E-state index is 12.8. The van der Waals surface area contributed by atoms with Gasteiger partial charge in [-0.2, -0.15) is 0 Å². The van der Waals surface area contributed by atoms with Crippen molar-refractivity contribution >= 4 is 16.9 Å². The summed E-state index contributed by atoms with van der Waals surface area (Å²) in [5.41, 5.74) is 1.81. The van der Waals surface area contributed by atoms with Crippen LogP contribution in [-0.2, 0) is 13.1 Å². The predicted molar refractivity (Wildman–Crippen MR) is 116 cm³/mol. The highest BCUT2D eigenvalue weighted by Crippen LogP contribution is 2.33. The molecule has 0 radical (unpaired) electrons. The molecule has 3 aromatic rings. The third-order valence-corrected chi connectivity index (χ3v) is 5.11. The molecule has 8 nitrogen and oxygen atoms in total. The van der Waals surface area contributed by atoms with Gasteiger partial charge in [-0.25, -0.2) is 4.79 Å². The van der Waals surface area contributed by atoms with Gasteiger partial charge in [0.15, 0.2) is 11.5 Å². The molecule has 0 aliphatic carbocycles. The number of fused-ring (bicyclic) bond motifs is 2. The molecule has 2 amide bonds. The number of amides is 2. The first-order chi connectivity index (χ1) is 15.1. The molecule has 31 heavy (non-hydrogen) atoms. The quantitative estimate of drug-likeness (QED) is 0.541. The van der Waals surface area contributed by atoms with Gasteiger partial charge in [0.25, 0.3) is 5.56 Å². The lowest BCUT2D eigenvalue weighted by molar-refractivity contribution is 0.172. The molecule has 0 bridgehead atoms. The number of aliphatic hydroxyl groups is 1.